The summed E-state index contributed by atoms with van der Waals surface area (Å²) in [7, 11) is 3.17. The standard InChI is InChI=1S/C10H14O3/c1-11-7-3-5-9-13-10-6-4-8-12-2/h3-10H,1-2H3/b7-3+,8-4+,9-5-,10-6-. The summed E-state index contributed by atoms with van der Waals surface area (Å²) in [5.41, 5.74) is 0. The van der Waals surface area contributed by atoms with Crippen LogP contribution in [0.1, 0.15) is 0 Å². The first-order valence-electron chi connectivity index (χ1n) is 3.76. The van der Waals surface area contributed by atoms with Crippen molar-refractivity contribution in [3.05, 3.63) is 49.4 Å². The zero-order valence-corrected chi connectivity index (χ0v) is 7.84. The molecule has 0 radical (unpaired) electrons. The first-order chi connectivity index (χ1) is 6.41. The van der Waals surface area contributed by atoms with E-state index in [1.54, 1.807) is 51.0 Å². The predicted octanol–water partition coefficient (Wildman–Crippen LogP) is 2.35. The highest BCUT2D eigenvalue weighted by atomic mass is 16.5. The molecule has 0 aliphatic carbocycles. The molecule has 0 fully saturated rings. The van der Waals surface area contributed by atoms with Crippen LogP contribution in [0.4, 0.5) is 0 Å². The molecule has 0 atom stereocenters. The summed E-state index contributed by atoms with van der Waals surface area (Å²) in [6, 6.07) is 0. The first kappa shape index (κ1) is 11.4. The van der Waals surface area contributed by atoms with E-state index in [0.29, 0.717) is 0 Å². The Balaban J connectivity index is 3.43. The summed E-state index contributed by atoms with van der Waals surface area (Å²) in [5.74, 6) is 0. The summed E-state index contributed by atoms with van der Waals surface area (Å²) >= 11 is 0. The fraction of sp³-hybridized carbons (Fsp3) is 0.200. The van der Waals surface area contributed by atoms with E-state index in [9.17, 15) is 0 Å². The Morgan fingerprint density at radius 1 is 0.615 bits per heavy atom. The molecule has 0 rings (SSSR count). The van der Waals surface area contributed by atoms with E-state index in [0.717, 1.165) is 0 Å². The molecule has 0 aromatic carbocycles. The zero-order valence-electron chi connectivity index (χ0n) is 7.84. The van der Waals surface area contributed by atoms with Gasteiger partial charge in [-0.05, 0) is 24.3 Å². The van der Waals surface area contributed by atoms with Crippen molar-refractivity contribution >= 4 is 0 Å². The van der Waals surface area contributed by atoms with Crippen LogP contribution in [0.25, 0.3) is 0 Å². The maximum atomic E-state index is 4.95. The van der Waals surface area contributed by atoms with E-state index in [1.807, 2.05) is 0 Å². The van der Waals surface area contributed by atoms with Crippen LogP contribution in [0, 0.1) is 0 Å². The molecule has 0 aromatic heterocycles. The van der Waals surface area contributed by atoms with Gasteiger partial charge in [0.15, 0.2) is 0 Å². The lowest BCUT2D eigenvalue weighted by atomic mass is 10.6. The average Bonchev–Trinajstić information content (AvgIpc) is 2.16. The summed E-state index contributed by atoms with van der Waals surface area (Å²) in [6.07, 6.45) is 13.0. The Morgan fingerprint density at radius 3 is 1.38 bits per heavy atom. The van der Waals surface area contributed by atoms with Crippen LogP contribution in [0.5, 0.6) is 0 Å². The van der Waals surface area contributed by atoms with E-state index in [1.165, 1.54) is 12.5 Å². The van der Waals surface area contributed by atoms with Crippen LogP contribution >= 0.6 is 0 Å². The molecule has 3 nitrogen and oxygen atoms in total. The topological polar surface area (TPSA) is 27.7 Å². The van der Waals surface area contributed by atoms with Gasteiger partial charge in [0.25, 0.3) is 0 Å². The Labute approximate surface area is 78.6 Å². The smallest absolute Gasteiger partial charge is 0.0902 e. The second-order valence-corrected chi connectivity index (χ2v) is 1.92. The van der Waals surface area contributed by atoms with Crippen LogP contribution in [0.3, 0.4) is 0 Å². The molecule has 0 aromatic rings. The van der Waals surface area contributed by atoms with Crippen LogP contribution in [-0.2, 0) is 14.2 Å². The molecule has 0 N–H and O–H groups in total. The van der Waals surface area contributed by atoms with Crippen LogP contribution in [0.2, 0.25) is 0 Å². The molecule has 0 unspecified atom stereocenters. The van der Waals surface area contributed by atoms with Gasteiger partial charge in [0, 0.05) is 0 Å². The van der Waals surface area contributed by atoms with Gasteiger partial charge in [-0.25, -0.2) is 0 Å². The molecular formula is C10H14O3. The van der Waals surface area contributed by atoms with Crippen molar-refractivity contribution in [3.8, 4) is 0 Å². The lowest BCUT2D eigenvalue weighted by molar-refractivity contribution is 0.337. The van der Waals surface area contributed by atoms with Crippen molar-refractivity contribution in [1.82, 2.24) is 0 Å². The summed E-state index contributed by atoms with van der Waals surface area (Å²) in [4.78, 5) is 0. The minimum Gasteiger partial charge on any atom is -0.504 e. The van der Waals surface area contributed by atoms with E-state index >= 15 is 0 Å². The predicted molar refractivity (Wildman–Crippen MR) is 51.7 cm³/mol. The summed E-state index contributed by atoms with van der Waals surface area (Å²) in [6.45, 7) is 0. The second kappa shape index (κ2) is 10.4. The highest BCUT2D eigenvalue weighted by Gasteiger charge is 1.66. The van der Waals surface area contributed by atoms with Gasteiger partial charge < -0.3 is 14.2 Å². The van der Waals surface area contributed by atoms with Gasteiger partial charge in [-0.15, -0.1) is 0 Å². The van der Waals surface area contributed by atoms with Crippen LogP contribution in [-0.4, -0.2) is 14.2 Å². The van der Waals surface area contributed by atoms with E-state index in [-0.39, 0.29) is 0 Å². The minimum atomic E-state index is 1.53. The molecule has 0 spiro atoms. The Hall–Kier alpha value is -1.64. The third-order valence-electron chi connectivity index (χ3n) is 0.966. The normalized spacial score (nSPS) is 12.2. The molecule has 0 bridgehead atoms. The summed E-state index contributed by atoms with van der Waals surface area (Å²) < 4.78 is 14.3. The number of ether oxygens (including phenoxy) is 3. The van der Waals surface area contributed by atoms with Crippen molar-refractivity contribution in [2.24, 2.45) is 0 Å². The molecule has 0 amide bonds. The Morgan fingerprint density at radius 2 is 1.00 bits per heavy atom. The van der Waals surface area contributed by atoms with Crippen molar-refractivity contribution in [2.45, 2.75) is 0 Å². The SMILES string of the molecule is CO/C=C/C=C\O/C=C\C=C\OC. The highest BCUT2D eigenvalue weighted by Crippen LogP contribution is 1.84. The largest absolute Gasteiger partial charge is 0.504 e. The monoisotopic (exact) mass is 182 g/mol. The molecular weight excluding hydrogens is 168 g/mol. The Bertz CT molecular complexity index is 180. The number of rotatable bonds is 6. The molecule has 0 saturated carbocycles. The second-order valence-electron chi connectivity index (χ2n) is 1.92. The highest BCUT2D eigenvalue weighted by molar-refractivity contribution is 4.99. The lowest BCUT2D eigenvalue weighted by Gasteiger charge is -1.86. The van der Waals surface area contributed by atoms with Crippen molar-refractivity contribution in [2.75, 3.05) is 14.2 Å². The van der Waals surface area contributed by atoms with Gasteiger partial charge in [-0.3, -0.25) is 0 Å². The van der Waals surface area contributed by atoms with Crippen LogP contribution < -0.4 is 0 Å². The van der Waals surface area contributed by atoms with Gasteiger partial charge in [0.2, 0.25) is 0 Å². The fourth-order valence-corrected chi connectivity index (χ4v) is 0.475. The molecule has 0 aliphatic heterocycles. The number of allylic oxidation sites excluding steroid dienone is 4. The minimum absolute atomic E-state index is 1.53. The third-order valence-corrected chi connectivity index (χ3v) is 0.966. The van der Waals surface area contributed by atoms with Crippen molar-refractivity contribution in [3.63, 3.8) is 0 Å². The lowest BCUT2D eigenvalue weighted by Crippen LogP contribution is -1.66. The third kappa shape index (κ3) is 10.4. The van der Waals surface area contributed by atoms with Crippen molar-refractivity contribution in [1.29, 1.82) is 0 Å². The molecule has 0 saturated heterocycles. The van der Waals surface area contributed by atoms with Crippen LogP contribution in [0.15, 0.2) is 49.4 Å². The number of methoxy groups -OCH3 is 2. The number of hydrogen-bond donors (Lipinski definition) is 0. The van der Waals surface area contributed by atoms with E-state index in [2.05, 4.69) is 9.47 Å². The quantitative estimate of drug-likeness (QED) is 0.466. The Kier molecular flexibility index (Phi) is 9.05. The zero-order chi connectivity index (χ0) is 9.78. The average molecular weight is 182 g/mol. The first-order valence-corrected chi connectivity index (χ1v) is 3.76. The van der Waals surface area contributed by atoms with Gasteiger partial charge in [0.1, 0.15) is 0 Å². The van der Waals surface area contributed by atoms with Crippen molar-refractivity contribution < 1.29 is 14.2 Å². The van der Waals surface area contributed by atoms with E-state index < -0.39 is 0 Å². The van der Waals surface area contributed by atoms with Gasteiger partial charge in [-0.1, -0.05) is 0 Å². The fourth-order valence-electron chi connectivity index (χ4n) is 0.475. The van der Waals surface area contributed by atoms with Gasteiger partial charge in [-0.2, -0.15) is 0 Å². The molecule has 0 heterocycles. The van der Waals surface area contributed by atoms with Gasteiger partial charge in [0.05, 0.1) is 39.3 Å². The maximum Gasteiger partial charge on any atom is 0.0902 e. The molecule has 0 aliphatic rings. The molecule has 3 heteroatoms. The number of hydrogen-bond acceptors (Lipinski definition) is 3. The molecule has 72 valence electrons. The van der Waals surface area contributed by atoms with E-state index in [4.69, 9.17) is 4.74 Å². The molecule has 13 heavy (non-hydrogen) atoms. The summed E-state index contributed by atoms with van der Waals surface area (Å²) in [5, 5.41) is 0. The van der Waals surface area contributed by atoms with Gasteiger partial charge >= 0.3 is 0 Å². The maximum absolute atomic E-state index is 4.95.